The third-order valence-electron chi connectivity index (χ3n) is 9.82. The molecule has 5 rings (SSSR count). The van der Waals surface area contributed by atoms with E-state index in [2.05, 4.69) is 86.3 Å². The molecule has 36 heavy (non-hydrogen) atoms. The third-order valence-corrected chi connectivity index (χ3v) is 9.82. The van der Waals surface area contributed by atoms with E-state index >= 15 is 0 Å². The number of carbonyl (C=O) groups is 1. The van der Waals surface area contributed by atoms with E-state index in [9.17, 15) is 4.79 Å². The van der Waals surface area contributed by atoms with E-state index in [0.717, 1.165) is 55.6 Å². The van der Waals surface area contributed by atoms with E-state index in [0.29, 0.717) is 5.92 Å². The van der Waals surface area contributed by atoms with Gasteiger partial charge in [-0.2, -0.15) is 0 Å². The molecule has 3 fully saturated rings. The lowest BCUT2D eigenvalue weighted by molar-refractivity contribution is -0.189. The summed E-state index contributed by atoms with van der Waals surface area (Å²) in [5, 5.41) is 0. The Labute approximate surface area is 216 Å². The first kappa shape index (κ1) is 25.1. The zero-order valence-electron chi connectivity index (χ0n) is 22.3. The Kier molecular flexibility index (Phi) is 6.76. The molecule has 0 amide bonds. The number of ether oxygens (including phenoxy) is 2. The van der Waals surface area contributed by atoms with Crippen LogP contribution in [0, 0.1) is 16.7 Å². The number of allylic oxidation sites excluding steroid dienone is 1. The van der Waals surface area contributed by atoms with Crippen LogP contribution in [-0.2, 0) is 19.9 Å². The number of benzene rings is 2. The number of fused-ring (bicyclic) bond motifs is 2. The summed E-state index contributed by atoms with van der Waals surface area (Å²) in [6, 6.07) is 21.2. The number of hydrogen-bond donors (Lipinski definition) is 0. The van der Waals surface area contributed by atoms with Crippen LogP contribution in [0.25, 0.3) is 0 Å². The van der Waals surface area contributed by atoms with Gasteiger partial charge in [-0.25, -0.2) is 4.79 Å². The van der Waals surface area contributed by atoms with Gasteiger partial charge in [0.2, 0.25) is 0 Å². The van der Waals surface area contributed by atoms with Gasteiger partial charge in [-0.15, -0.1) is 0 Å². The molecule has 0 spiro atoms. The van der Waals surface area contributed by atoms with Crippen LogP contribution in [0.15, 0.2) is 72.4 Å². The summed E-state index contributed by atoms with van der Waals surface area (Å²) < 4.78 is 13.2. The highest BCUT2D eigenvalue weighted by atomic mass is 16.5. The van der Waals surface area contributed by atoms with Crippen LogP contribution < -0.4 is 0 Å². The molecule has 0 N–H and O–H groups in total. The fourth-order valence-corrected chi connectivity index (χ4v) is 8.08. The maximum atomic E-state index is 13.5. The highest BCUT2D eigenvalue weighted by Gasteiger charge is 2.74. The Morgan fingerprint density at radius 3 is 2.11 bits per heavy atom. The molecule has 192 valence electrons. The molecule has 1 saturated heterocycles. The van der Waals surface area contributed by atoms with Gasteiger partial charge < -0.3 is 14.4 Å². The van der Waals surface area contributed by atoms with Crippen LogP contribution in [0.5, 0.6) is 0 Å². The number of nitrogens with zero attached hydrogens (tertiary/aromatic N) is 1. The Morgan fingerprint density at radius 1 is 1.03 bits per heavy atom. The van der Waals surface area contributed by atoms with Crippen molar-refractivity contribution in [3.8, 4) is 0 Å². The Morgan fingerprint density at radius 2 is 1.61 bits per heavy atom. The maximum absolute atomic E-state index is 13.5. The van der Waals surface area contributed by atoms with Gasteiger partial charge in [-0.3, -0.25) is 0 Å². The molecule has 3 atom stereocenters. The van der Waals surface area contributed by atoms with Gasteiger partial charge in [0.25, 0.3) is 0 Å². The van der Waals surface area contributed by atoms with E-state index in [-0.39, 0.29) is 17.5 Å². The number of hydrogen-bond acceptors (Lipinski definition) is 4. The van der Waals surface area contributed by atoms with Crippen LogP contribution >= 0.6 is 0 Å². The van der Waals surface area contributed by atoms with E-state index < -0.39 is 11.0 Å². The van der Waals surface area contributed by atoms with Gasteiger partial charge in [-0.1, -0.05) is 81.4 Å². The summed E-state index contributed by atoms with van der Waals surface area (Å²) in [6.07, 6.45) is 7.71. The second kappa shape index (κ2) is 9.70. The van der Waals surface area contributed by atoms with Crippen molar-refractivity contribution < 1.29 is 14.3 Å². The second-order valence-electron chi connectivity index (χ2n) is 11.4. The molecule has 0 aromatic heterocycles. The van der Waals surface area contributed by atoms with Gasteiger partial charge in [-0.05, 0) is 61.0 Å². The molecule has 2 saturated carbocycles. The lowest BCUT2D eigenvalue weighted by atomic mass is 9.54. The molecule has 3 aliphatic rings. The molecular formula is C32H41NO3. The number of likely N-dealkylation sites (tertiary alicyclic amines) is 1. The van der Waals surface area contributed by atoms with Crippen molar-refractivity contribution in [1.29, 1.82) is 0 Å². The first-order valence-corrected chi connectivity index (χ1v) is 13.7. The van der Waals surface area contributed by atoms with Crippen molar-refractivity contribution in [2.75, 3.05) is 20.2 Å². The van der Waals surface area contributed by atoms with Crippen molar-refractivity contribution in [2.45, 2.75) is 71.0 Å². The molecule has 0 radical (unpaired) electrons. The Balaban J connectivity index is 1.61. The van der Waals surface area contributed by atoms with E-state index in [1.165, 1.54) is 12.8 Å². The molecule has 4 nitrogen and oxygen atoms in total. The molecule has 2 aromatic carbocycles. The number of carbonyl (C=O) groups excluding carboxylic acids is 1. The van der Waals surface area contributed by atoms with E-state index in [1.807, 2.05) is 7.11 Å². The molecule has 1 aliphatic heterocycles. The lowest BCUT2D eigenvalue weighted by Gasteiger charge is -2.55. The Bertz CT molecular complexity index is 1050. The summed E-state index contributed by atoms with van der Waals surface area (Å²) in [5.74, 6) is 0.267. The molecule has 1 heterocycles. The summed E-state index contributed by atoms with van der Waals surface area (Å²) in [5.41, 5.74) is 2.13. The molecular weight excluding hydrogens is 446 g/mol. The SMILES string of the molecule is CC/C(=C\C(=O)O[C@@H]1C[C@H]2CC[C@]1(C(OC)(c1ccccc1)c1ccccc1)C2(C)C)N1CCCC1. The molecule has 2 bridgehead atoms. The zero-order valence-corrected chi connectivity index (χ0v) is 22.3. The summed E-state index contributed by atoms with van der Waals surface area (Å²) in [4.78, 5) is 15.8. The quantitative estimate of drug-likeness (QED) is 0.307. The monoisotopic (exact) mass is 487 g/mol. The van der Waals surface area contributed by atoms with Crippen LogP contribution in [0.1, 0.15) is 70.4 Å². The van der Waals surface area contributed by atoms with Gasteiger partial charge in [0.05, 0.1) is 5.41 Å². The van der Waals surface area contributed by atoms with Crippen LogP contribution in [0.3, 0.4) is 0 Å². The predicted molar refractivity (Wildman–Crippen MR) is 143 cm³/mol. The topological polar surface area (TPSA) is 38.8 Å². The van der Waals surface area contributed by atoms with Crippen molar-refractivity contribution in [1.82, 2.24) is 4.90 Å². The first-order valence-electron chi connectivity index (χ1n) is 13.7. The van der Waals surface area contributed by atoms with Crippen molar-refractivity contribution in [2.24, 2.45) is 16.7 Å². The van der Waals surface area contributed by atoms with Crippen LogP contribution in [0.2, 0.25) is 0 Å². The predicted octanol–water partition coefficient (Wildman–Crippen LogP) is 6.70. The largest absolute Gasteiger partial charge is 0.458 e. The highest BCUT2D eigenvalue weighted by molar-refractivity contribution is 5.83. The van der Waals surface area contributed by atoms with Crippen molar-refractivity contribution in [3.05, 3.63) is 83.6 Å². The van der Waals surface area contributed by atoms with Crippen LogP contribution in [0.4, 0.5) is 0 Å². The fourth-order valence-electron chi connectivity index (χ4n) is 8.08. The number of esters is 1. The zero-order chi connectivity index (χ0) is 25.4. The molecule has 2 aromatic rings. The standard InChI is InChI=1S/C32H41NO3/c1-5-27(33-20-12-13-21-33)23-29(34)36-28-22-26-18-19-31(28,30(26,2)3)32(35-4,24-14-8-6-9-15-24)25-16-10-7-11-17-25/h6-11,14-17,23,26,28H,5,12-13,18-22H2,1-4H3/b27-23+/t26-,28-,31-/m1/s1. The van der Waals surface area contributed by atoms with Gasteiger partial charge in [0, 0.05) is 32.0 Å². The second-order valence-corrected chi connectivity index (χ2v) is 11.4. The lowest BCUT2D eigenvalue weighted by Crippen LogP contribution is -2.58. The fraction of sp³-hybridized carbons (Fsp3) is 0.531. The normalized spacial score (nSPS) is 27.4. The van der Waals surface area contributed by atoms with Gasteiger partial charge >= 0.3 is 5.97 Å². The molecule has 4 heteroatoms. The molecule has 0 unspecified atom stereocenters. The van der Waals surface area contributed by atoms with Crippen LogP contribution in [-0.4, -0.2) is 37.2 Å². The average Bonchev–Trinajstić information content (AvgIpc) is 3.57. The van der Waals surface area contributed by atoms with Gasteiger partial charge in [0.1, 0.15) is 11.7 Å². The van der Waals surface area contributed by atoms with Gasteiger partial charge in [0.15, 0.2) is 0 Å². The maximum Gasteiger partial charge on any atom is 0.332 e. The van der Waals surface area contributed by atoms with E-state index in [4.69, 9.17) is 9.47 Å². The smallest absolute Gasteiger partial charge is 0.332 e. The summed E-state index contributed by atoms with van der Waals surface area (Å²) >= 11 is 0. The van der Waals surface area contributed by atoms with Crippen molar-refractivity contribution in [3.63, 3.8) is 0 Å². The minimum absolute atomic E-state index is 0.0775. The molecule has 2 aliphatic carbocycles. The third kappa shape index (κ3) is 3.63. The number of methoxy groups -OCH3 is 1. The first-order chi connectivity index (χ1) is 17.4. The minimum atomic E-state index is -0.735. The summed E-state index contributed by atoms with van der Waals surface area (Å²) in [6.45, 7) is 8.93. The van der Waals surface area contributed by atoms with E-state index in [1.54, 1.807) is 6.08 Å². The van der Waals surface area contributed by atoms with Crippen molar-refractivity contribution >= 4 is 5.97 Å². The summed E-state index contributed by atoms with van der Waals surface area (Å²) in [7, 11) is 1.83. The highest BCUT2D eigenvalue weighted by Crippen LogP contribution is 2.74. The minimum Gasteiger partial charge on any atom is -0.458 e. The Hall–Kier alpha value is -2.59. The average molecular weight is 488 g/mol. The number of rotatable bonds is 8.